The van der Waals surface area contributed by atoms with Crippen molar-refractivity contribution < 1.29 is 14.1 Å². The number of hydrogen-bond donors (Lipinski definition) is 1. The van der Waals surface area contributed by atoms with Gasteiger partial charge in [0.1, 0.15) is 6.20 Å². The van der Waals surface area contributed by atoms with Gasteiger partial charge in [0.05, 0.1) is 12.9 Å². The normalized spacial score (nSPS) is 10.7. The number of nitrogens with one attached hydrogen (secondary N) is 1. The minimum Gasteiger partial charge on any atom is -0.492 e. The van der Waals surface area contributed by atoms with Crippen LogP contribution < -0.4 is 9.30 Å². The van der Waals surface area contributed by atoms with Gasteiger partial charge < -0.3 is 4.74 Å². The minimum atomic E-state index is 0.0785. The van der Waals surface area contributed by atoms with Crippen molar-refractivity contribution in [1.29, 1.82) is 0 Å². The Labute approximate surface area is 184 Å². The van der Waals surface area contributed by atoms with Crippen molar-refractivity contribution in [2.75, 3.05) is 12.9 Å². The Hall–Kier alpha value is -3.02. The van der Waals surface area contributed by atoms with E-state index in [1.54, 1.807) is 7.11 Å². The maximum Gasteiger partial charge on any atom is 0.322 e. The summed E-state index contributed by atoms with van der Waals surface area (Å²) < 4.78 is 7.57. The first-order chi connectivity index (χ1) is 14.7. The van der Waals surface area contributed by atoms with Crippen LogP contribution in [0.4, 0.5) is 0 Å². The number of aromatic amines is 1. The summed E-state index contributed by atoms with van der Waals surface area (Å²) in [5.41, 5.74) is 3.53. The number of rotatable bonds is 7. The average Bonchev–Trinajstić information content (AvgIpc) is 3.22. The number of methoxy groups -OCH3 is 1. The van der Waals surface area contributed by atoms with Crippen molar-refractivity contribution in [1.82, 2.24) is 4.98 Å². The fourth-order valence-electron chi connectivity index (χ4n) is 3.13. The lowest BCUT2D eigenvalue weighted by Crippen LogP contribution is -2.31. The van der Waals surface area contributed by atoms with Gasteiger partial charge in [0.15, 0.2) is 22.9 Å². The lowest BCUT2D eigenvalue weighted by molar-refractivity contribution is -0.635. The Kier molecular flexibility index (Phi) is 6.21. The molecule has 1 heterocycles. The van der Waals surface area contributed by atoms with Crippen LogP contribution in [0.3, 0.4) is 0 Å². The molecular formula is C24H20ClN2O2S+. The molecule has 3 aromatic carbocycles. The van der Waals surface area contributed by atoms with E-state index in [2.05, 4.69) is 4.98 Å². The third-order valence-corrected chi connectivity index (χ3v) is 5.88. The number of benzene rings is 3. The number of ether oxygens (including phenoxy) is 1. The van der Waals surface area contributed by atoms with Crippen molar-refractivity contribution in [3.8, 4) is 22.7 Å². The van der Waals surface area contributed by atoms with E-state index in [4.69, 9.17) is 16.3 Å². The van der Waals surface area contributed by atoms with Crippen LogP contribution in [0.1, 0.15) is 10.4 Å². The molecule has 4 nitrogen and oxygen atoms in total. The second kappa shape index (κ2) is 9.20. The molecule has 0 radical (unpaired) electrons. The molecule has 0 fully saturated rings. The van der Waals surface area contributed by atoms with Crippen molar-refractivity contribution in [2.24, 2.45) is 0 Å². The zero-order valence-electron chi connectivity index (χ0n) is 16.3. The van der Waals surface area contributed by atoms with Gasteiger partial charge >= 0.3 is 5.16 Å². The number of ketones is 1. The zero-order valence-corrected chi connectivity index (χ0v) is 17.9. The Morgan fingerprint density at radius 3 is 2.43 bits per heavy atom. The first-order valence-corrected chi connectivity index (χ1v) is 10.8. The Morgan fingerprint density at radius 1 is 1.00 bits per heavy atom. The van der Waals surface area contributed by atoms with Gasteiger partial charge in [-0.2, -0.15) is 4.57 Å². The Bertz CT molecular complexity index is 1160. The van der Waals surface area contributed by atoms with Crippen LogP contribution >= 0.6 is 23.4 Å². The molecule has 0 aliphatic heterocycles. The van der Waals surface area contributed by atoms with Crippen LogP contribution in [0, 0.1) is 0 Å². The van der Waals surface area contributed by atoms with Crippen LogP contribution in [-0.4, -0.2) is 23.6 Å². The molecule has 150 valence electrons. The molecule has 4 aromatic rings. The standard InChI is InChI=1S/C24H19ClN2O2S/c1-29-23-10-6-5-9-21(23)27-15-20(17-11-13-19(25)14-12-17)26-24(27)30-16-22(28)18-7-3-2-4-8-18/h2-15H,16H2,1H3/p+1. The van der Waals surface area contributed by atoms with E-state index in [1.807, 2.05) is 89.6 Å². The molecule has 0 unspecified atom stereocenters. The van der Waals surface area contributed by atoms with E-state index in [0.717, 1.165) is 27.9 Å². The number of carbonyl (C=O) groups is 1. The molecule has 6 heteroatoms. The first-order valence-electron chi connectivity index (χ1n) is 9.41. The first kappa shape index (κ1) is 20.3. The largest absolute Gasteiger partial charge is 0.492 e. The molecular weight excluding hydrogens is 416 g/mol. The zero-order chi connectivity index (χ0) is 20.9. The molecule has 0 amide bonds. The number of aromatic nitrogens is 2. The summed E-state index contributed by atoms with van der Waals surface area (Å²) in [4.78, 5) is 16.1. The van der Waals surface area contributed by atoms with E-state index < -0.39 is 0 Å². The number of H-pyrrole nitrogens is 1. The summed E-state index contributed by atoms with van der Waals surface area (Å²) in [6, 6.07) is 24.8. The number of imidazole rings is 1. The molecule has 0 saturated carbocycles. The lowest BCUT2D eigenvalue weighted by atomic mass is 10.2. The molecule has 0 bridgehead atoms. The van der Waals surface area contributed by atoms with Crippen LogP contribution in [0.25, 0.3) is 16.9 Å². The van der Waals surface area contributed by atoms with Crippen molar-refractivity contribution in [3.63, 3.8) is 0 Å². The van der Waals surface area contributed by atoms with Crippen LogP contribution in [0.5, 0.6) is 5.75 Å². The third kappa shape index (κ3) is 4.42. The molecule has 0 spiro atoms. The highest BCUT2D eigenvalue weighted by atomic mass is 35.5. The summed E-state index contributed by atoms with van der Waals surface area (Å²) in [6.45, 7) is 0. The predicted octanol–water partition coefficient (Wildman–Crippen LogP) is 5.60. The van der Waals surface area contributed by atoms with E-state index in [-0.39, 0.29) is 5.78 Å². The molecule has 0 saturated heterocycles. The highest BCUT2D eigenvalue weighted by Gasteiger charge is 2.23. The Balaban J connectivity index is 1.70. The maximum atomic E-state index is 12.6. The van der Waals surface area contributed by atoms with E-state index in [0.29, 0.717) is 16.3 Å². The molecule has 0 aliphatic rings. The lowest BCUT2D eigenvalue weighted by Gasteiger charge is -2.05. The summed E-state index contributed by atoms with van der Waals surface area (Å²) in [5, 5.41) is 1.53. The fourth-order valence-corrected chi connectivity index (χ4v) is 4.16. The number of carbonyl (C=O) groups excluding carboxylic acids is 1. The van der Waals surface area contributed by atoms with Gasteiger partial charge in [-0.05, 0) is 48.2 Å². The van der Waals surface area contributed by atoms with Crippen LogP contribution in [0.2, 0.25) is 5.02 Å². The molecule has 1 aromatic heterocycles. The summed E-state index contributed by atoms with van der Waals surface area (Å²) >= 11 is 7.50. The maximum absolute atomic E-state index is 12.6. The van der Waals surface area contributed by atoms with E-state index in [1.165, 1.54) is 11.8 Å². The molecule has 30 heavy (non-hydrogen) atoms. The second-order valence-electron chi connectivity index (χ2n) is 6.60. The van der Waals surface area contributed by atoms with E-state index in [9.17, 15) is 4.79 Å². The summed E-state index contributed by atoms with van der Waals surface area (Å²) in [7, 11) is 1.65. The SMILES string of the molecule is COc1ccccc1-[n+]1cc(-c2ccc(Cl)cc2)[nH]c1SCC(=O)c1ccccc1. The number of Topliss-reactive ketones (excluding diaryl/α,β-unsaturated/α-hetero) is 1. The van der Waals surface area contributed by atoms with Gasteiger partial charge in [0, 0.05) is 16.1 Å². The fraction of sp³-hybridized carbons (Fsp3) is 0.0833. The highest BCUT2D eigenvalue weighted by Crippen LogP contribution is 2.26. The van der Waals surface area contributed by atoms with Gasteiger partial charge in [-0.3, -0.25) is 4.79 Å². The average molecular weight is 436 g/mol. The monoisotopic (exact) mass is 435 g/mol. The quantitative estimate of drug-likeness (QED) is 0.233. The summed E-state index contributed by atoms with van der Waals surface area (Å²) in [6.07, 6.45) is 2.01. The minimum absolute atomic E-state index is 0.0785. The summed E-state index contributed by atoms with van der Waals surface area (Å²) in [5.74, 6) is 1.15. The molecule has 4 rings (SSSR count). The third-order valence-electron chi connectivity index (χ3n) is 4.65. The smallest absolute Gasteiger partial charge is 0.322 e. The number of thioether (sulfide) groups is 1. The van der Waals surface area contributed by atoms with Gasteiger partial charge in [0.25, 0.3) is 0 Å². The highest BCUT2D eigenvalue weighted by molar-refractivity contribution is 7.99. The van der Waals surface area contributed by atoms with Gasteiger partial charge in [-0.1, -0.05) is 54.1 Å². The van der Waals surface area contributed by atoms with Gasteiger partial charge in [-0.15, -0.1) is 0 Å². The van der Waals surface area contributed by atoms with Gasteiger partial charge in [-0.25, -0.2) is 4.98 Å². The molecule has 0 atom stereocenters. The Morgan fingerprint density at radius 2 is 1.70 bits per heavy atom. The molecule has 0 aliphatic carbocycles. The van der Waals surface area contributed by atoms with Crippen molar-refractivity contribution >= 4 is 29.1 Å². The second-order valence-corrected chi connectivity index (χ2v) is 8.00. The number of para-hydroxylation sites is 2. The van der Waals surface area contributed by atoms with Crippen molar-refractivity contribution in [3.05, 3.63) is 95.6 Å². The predicted molar refractivity (Wildman–Crippen MR) is 121 cm³/mol. The van der Waals surface area contributed by atoms with E-state index >= 15 is 0 Å². The number of nitrogens with zero attached hydrogens (tertiary/aromatic N) is 1. The van der Waals surface area contributed by atoms with Crippen LogP contribution in [-0.2, 0) is 0 Å². The molecule has 1 N–H and O–H groups in total. The van der Waals surface area contributed by atoms with Crippen molar-refractivity contribution in [2.45, 2.75) is 5.16 Å². The van der Waals surface area contributed by atoms with Gasteiger partial charge in [0.2, 0.25) is 0 Å². The topological polar surface area (TPSA) is 46.0 Å². The number of halogens is 1. The number of hydrogen-bond acceptors (Lipinski definition) is 3. The van der Waals surface area contributed by atoms with Crippen LogP contribution in [0.15, 0.2) is 90.2 Å².